The number of hydrogen-bond donors (Lipinski definition) is 1. The van der Waals surface area contributed by atoms with Gasteiger partial charge in [0.15, 0.2) is 0 Å². The molecule has 0 saturated carbocycles. The smallest absolute Gasteiger partial charge is 0.0181 e. The van der Waals surface area contributed by atoms with E-state index in [1.807, 2.05) is 11.8 Å². The maximum atomic E-state index is 5.51. The number of rotatable bonds is 3. The third kappa shape index (κ3) is 2.56. The summed E-state index contributed by atoms with van der Waals surface area (Å²) in [5.41, 5.74) is 8.09. The molecule has 0 spiro atoms. The molecular weight excluding hydrogens is 154 g/mol. The van der Waals surface area contributed by atoms with Crippen LogP contribution in [0.5, 0.6) is 0 Å². The Labute approximate surface area is 72.0 Å². The van der Waals surface area contributed by atoms with E-state index in [2.05, 4.69) is 30.5 Å². The van der Waals surface area contributed by atoms with Crippen molar-refractivity contribution in [3.05, 3.63) is 35.4 Å². The van der Waals surface area contributed by atoms with Crippen LogP contribution >= 0.6 is 11.8 Å². The second-order valence-corrected chi connectivity index (χ2v) is 3.32. The first-order chi connectivity index (χ1) is 5.36. The molecule has 0 aromatic heterocycles. The molecule has 0 unspecified atom stereocenters. The topological polar surface area (TPSA) is 26.0 Å². The minimum Gasteiger partial charge on any atom is -0.326 e. The highest BCUT2D eigenvalue weighted by atomic mass is 32.2. The number of nitrogens with two attached hydrogens (primary N) is 1. The molecule has 0 aliphatic carbocycles. The quantitative estimate of drug-likeness (QED) is 0.745. The molecule has 0 heterocycles. The Balaban J connectivity index is 2.74. The second kappa shape index (κ2) is 4.42. The summed E-state index contributed by atoms with van der Waals surface area (Å²) in [5, 5.41) is 0. The van der Waals surface area contributed by atoms with Crippen molar-refractivity contribution in [1.82, 2.24) is 0 Å². The summed E-state index contributed by atoms with van der Waals surface area (Å²) in [6.45, 7) is 0.641. The van der Waals surface area contributed by atoms with Gasteiger partial charge in [0, 0.05) is 12.3 Å². The van der Waals surface area contributed by atoms with Gasteiger partial charge in [-0.05, 0) is 17.4 Å². The summed E-state index contributed by atoms with van der Waals surface area (Å²) < 4.78 is 0. The van der Waals surface area contributed by atoms with E-state index in [1.165, 1.54) is 11.1 Å². The van der Waals surface area contributed by atoms with Crippen molar-refractivity contribution in [2.75, 3.05) is 6.26 Å². The average molecular weight is 167 g/mol. The Morgan fingerprint density at radius 2 is 2.09 bits per heavy atom. The Morgan fingerprint density at radius 3 is 2.73 bits per heavy atom. The maximum absolute atomic E-state index is 5.51. The van der Waals surface area contributed by atoms with Crippen LogP contribution in [-0.2, 0) is 12.3 Å². The van der Waals surface area contributed by atoms with Gasteiger partial charge in [0.2, 0.25) is 0 Å². The van der Waals surface area contributed by atoms with Crippen molar-refractivity contribution in [2.45, 2.75) is 12.3 Å². The van der Waals surface area contributed by atoms with Gasteiger partial charge >= 0.3 is 0 Å². The Kier molecular flexibility index (Phi) is 3.46. The lowest BCUT2D eigenvalue weighted by Gasteiger charge is -2.00. The summed E-state index contributed by atoms with van der Waals surface area (Å²) in [4.78, 5) is 0. The van der Waals surface area contributed by atoms with Crippen LogP contribution in [0.1, 0.15) is 11.1 Å². The monoisotopic (exact) mass is 167 g/mol. The maximum Gasteiger partial charge on any atom is 0.0181 e. The molecule has 0 radical (unpaired) electrons. The summed E-state index contributed by atoms with van der Waals surface area (Å²) in [6.07, 6.45) is 2.11. The number of thioether (sulfide) groups is 1. The Hall–Kier alpha value is -0.470. The fourth-order valence-corrected chi connectivity index (χ4v) is 1.53. The van der Waals surface area contributed by atoms with Gasteiger partial charge in [0.05, 0.1) is 0 Å². The molecule has 60 valence electrons. The van der Waals surface area contributed by atoms with E-state index >= 15 is 0 Å². The SMILES string of the molecule is CSCc1cccc(CN)c1. The van der Waals surface area contributed by atoms with Crippen LogP contribution < -0.4 is 5.73 Å². The molecule has 0 saturated heterocycles. The van der Waals surface area contributed by atoms with Crippen LogP contribution in [0.25, 0.3) is 0 Å². The average Bonchev–Trinajstić information content (AvgIpc) is 2.06. The predicted molar refractivity (Wildman–Crippen MR) is 51.6 cm³/mol. The van der Waals surface area contributed by atoms with Gasteiger partial charge in [-0.3, -0.25) is 0 Å². The van der Waals surface area contributed by atoms with E-state index in [0.29, 0.717) is 6.54 Å². The fourth-order valence-electron chi connectivity index (χ4n) is 1.01. The lowest BCUT2D eigenvalue weighted by molar-refractivity contribution is 1.06. The largest absolute Gasteiger partial charge is 0.326 e. The molecular formula is C9H13NS. The minimum absolute atomic E-state index is 0.641. The third-order valence-electron chi connectivity index (χ3n) is 1.54. The van der Waals surface area contributed by atoms with Crippen LogP contribution in [0.15, 0.2) is 24.3 Å². The van der Waals surface area contributed by atoms with Gasteiger partial charge < -0.3 is 5.73 Å². The molecule has 0 bridgehead atoms. The van der Waals surface area contributed by atoms with Gasteiger partial charge in [0.25, 0.3) is 0 Å². The van der Waals surface area contributed by atoms with Crippen LogP contribution in [0.2, 0.25) is 0 Å². The number of hydrogen-bond acceptors (Lipinski definition) is 2. The molecule has 11 heavy (non-hydrogen) atoms. The standard InChI is InChI=1S/C9H13NS/c1-11-7-9-4-2-3-8(5-9)6-10/h2-5H,6-7,10H2,1H3. The molecule has 0 atom stereocenters. The van der Waals surface area contributed by atoms with E-state index in [4.69, 9.17) is 5.73 Å². The summed E-state index contributed by atoms with van der Waals surface area (Å²) in [5.74, 6) is 1.08. The van der Waals surface area contributed by atoms with Gasteiger partial charge in [0.1, 0.15) is 0 Å². The molecule has 0 aliphatic rings. The van der Waals surface area contributed by atoms with E-state index in [-0.39, 0.29) is 0 Å². The zero-order valence-corrected chi connectivity index (χ0v) is 7.53. The first-order valence-electron chi connectivity index (χ1n) is 3.63. The first-order valence-corrected chi connectivity index (χ1v) is 5.03. The predicted octanol–water partition coefficient (Wildman–Crippen LogP) is 2.01. The van der Waals surface area contributed by atoms with Crippen molar-refractivity contribution < 1.29 is 0 Å². The van der Waals surface area contributed by atoms with E-state index in [9.17, 15) is 0 Å². The minimum atomic E-state index is 0.641. The summed E-state index contributed by atoms with van der Waals surface area (Å²) >= 11 is 1.83. The van der Waals surface area contributed by atoms with Crippen LogP contribution in [-0.4, -0.2) is 6.26 Å². The third-order valence-corrected chi connectivity index (χ3v) is 2.16. The molecule has 1 aromatic carbocycles. The van der Waals surface area contributed by atoms with Crippen molar-refractivity contribution >= 4 is 11.8 Å². The number of benzene rings is 1. The van der Waals surface area contributed by atoms with E-state index < -0.39 is 0 Å². The zero-order valence-electron chi connectivity index (χ0n) is 6.71. The Bertz CT molecular complexity index is 223. The lowest BCUT2D eigenvalue weighted by atomic mass is 10.1. The van der Waals surface area contributed by atoms with E-state index in [0.717, 1.165) is 5.75 Å². The van der Waals surface area contributed by atoms with Gasteiger partial charge in [-0.2, -0.15) is 11.8 Å². The van der Waals surface area contributed by atoms with Gasteiger partial charge in [-0.15, -0.1) is 0 Å². The molecule has 2 N–H and O–H groups in total. The molecule has 1 aromatic rings. The molecule has 0 amide bonds. The van der Waals surface area contributed by atoms with Crippen molar-refractivity contribution in [2.24, 2.45) is 5.73 Å². The first kappa shape index (κ1) is 8.62. The molecule has 0 aliphatic heterocycles. The highest BCUT2D eigenvalue weighted by molar-refractivity contribution is 7.97. The van der Waals surface area contributed by atoms with Gasteiger partial charge in [-0.25, -0.2) is 0 Å². The lowest BCUT2D eigenvalue weighted by Crippen LogP contribution is -1.96. The Morgan fingerprint density at radius 1 is 1.36 bits per heavy atom. The summed E-state index contributed by atoms with van der Waals surface area (Å²) in [6, 6.07) is 8.42. The van der Waals surface area contributed by atoms with Crippen molar-refractivity contribution in [3.8, 4) is 0 Å². The van der Waals surface area contributed by atoms with Crippen molar-refractivity contribution in [1.29, 1.82) is 0 Å². The highest BCUT2D eigenvalue weighted by Gasteiger charge is 1.92. The van der Waals surface area contributed by atoms with Crippen LogP contribution in [0, 0.1) is 0 Å². The van der Waals surface area contributed by atoms with E-state index in [1.54, 1.807) is 0 Å². The zero-order chi connectivity index (χ0) is 8.10. The molecule has 0 fully saturated rings. The highest BCUT2D eigenvalue weighted by Crippen LogP contribution is 2.10. The molecule has 1 nitrogen and oxygen atoms in total. The fraction of sp³-hybridized carbons (Fsp3) is 0.333. The van der Waals surface area contributed by atoms with Gasteiger partial charge in [-0.1, -0.05) is 24.3 Å². The van der Waals surface area contributed by atoms with Crippen LogP contribution in [0.4, 0.5) is 0 Å². The second-order valence-electron chi connectivity index (χ2n) is 2.46. The molecule has 1 rings (SSSR count). The summed E-state index contributed by atoms with van der Waals surface area (Å²) in [7, 11) is 0. The van der Waals surface area contributed by atoms with Crippen molar-refractivity contribution in [3.63, 3.8) is 0 Å². The molecule has 2 heteroatoms. The van der Waals surface area contributed by atoms with Crippen LogP contribution in [0.3, 0.4) is 0 Å². The normalized spacial score (nSPS) is 10.0.